The van der Waals surface area contributed by atoms with Crippen molar-refractivity contribution in [3.63, 3.8) is 0 Å². The molecule has 2 bridgehead atoms. The van der Waals surface area contributed by atoms with Gasteiger partial charge in [-0.3, -0.25) is 0 Å². The summed E-state index contributed by atoms with van der Waals surface area (Å²) in [5.74, 6) is 0.382. The molecule has 2 N–H and O–H groups in total. The van der Waals surface area contributed by atoms with Gasteiger partial charge < -0.3 is 15.2 Å². The van der Waals surface area contributed by atoms with E-state index in [1.165, 1.54) is 18.4 Å². The first-order valence-corrected chi connectivity index (χ1v) is 6.40. The molecule has 3 heteroatoms. The van der Waals surface area contributed by atoms with E-state index in [0.29, 0.717) is 24.0 Å². The summed E-state index contributed by atoms with van der Waals surface area (Å²) in [6.07, 6.45) is 4.40. The Kier molecular flexibility index (Phi) is 2.81. The van der Waals surface area contributed by atoms with E-state index in [0.717, 1.165) is 18.5 Å². The molecule has 92 valence electrons. The Bertz CT molecular complexity index is 419. The van der Waals surface area contributed by atoms with Crippen molar-refractivity contribution in [3.8, 4) is 5.75 Å². The van der Waals surface area contributed by atoms with E-state index in [1.807, 2.05) is 19.1 Å². The molecule has 3 unspecified atom stereocenters. The quantitative estimate of drug-likeness (QED) is 0.840. The maximum absolute atomic E-state index is 9.77. The number of fused-ring (bicyclic) bond motifs is 2. The molecule has 0 spiro atoms. The van der Waals surface area contributed by atoms with Crippen LogP contribution < -0.4 is 5.32 Å². The van der Waals surface area contributed by atoms with Gasteiger partial charge in [0, 0.05) is 18.2 Å². The molecule has 3 nitrogen and oxygen atoms in total. The second kappa shape index (κ2) is 4.31. The van der Waals surface area contributed by atoms with E-state index in [2.05, 4.69) is 5.32 Å². The van der Waals surface area contributed by atoms with Crippen LogP contribution in [-0.4, -0.2) is 23.4 Å². The normalized spacial score (nSPS) is 31.0. The van der Waals surface area contributed by atoms with Crippen molar-refractivity contribution in [2.45, 2.75) is 51.0 Å². The fraction of sp³-hybridized carbons (Fsp3) is 0.571. The fourth-order valence-corrected chi connectivity index (χ4v) is 2.95. The van der Waals surface area contributed by atoms with Gasteiger partial charge in [0.1, 0.15) is 5.75 Å². The number of hydrogen-bond acceptors (Lipinski definition) is 3. The molecule has 0 radical (unpaired) electrons. The Balaban J connectivity index is 1.62. The summed E-state index contributed by atoms with van der Waals surface area (Å²) in [5.41, 5.74) is 2.16. The Morgan fingerprint density at radius 1 is 1.41 bits per heavy atom. The molecule has 0 saturated carbocycles. The van der Waals surface area contributed by atoms with Crippen molar-refractivity contribution in [2.24, 2.45) is 0 Å². The number of phenols is 1. The highest BCUT2D eigenvalue weighted by molar-refractivity contribution is 5.35. The lowest BCUT2D eigenvalue weighted by molar-refractivity contribution is 0.0972. The van der Waals surface area contributed by atoms with Crippen LogP contribution in [0.2, 0.25) is 0 Å². The number of hydrogen-bond donors (Lipinski definition) is 2. The van der Waals surface area contributed by atoms with E-state index in [1.54, 1.807) is 6.07 Å². The number of nitrogens with one attached hydrogen (secondary N) is 1. The van der Waals surface area contributed by atoms with Gasteiger partial charge in [-0.05, 0) is 32.3 Å². The molecule has 3 rings (SSSR count). The molecule has 2 aliphatic rings. The molecular weight excluding hydrogens is 214 g/mol. The third kappa shape index (κ3) is 2.17. The van der Waals surface area contributed by atoms with E-state index in [9.17, 15) is 5.11 Å². The zero-order valence-electron chi connectivity index (χ0n) is 10.1. The first-order valence-electron chi connectivity index (χ1n) is 6.40. The van der Waals surface area contributed by atoms with E-state index in [4.69, 9.17) is 4.74 Å². The minimum absolute atomic E-state index is 0.382. The van der Waals surface area contributed by atoms with Gasteiger partial charge in [0.25, 0.3) is 0 Å². The Hall–Kier alpha value is -1.06. The predicted octanol–water partition coefficient (Wildman–Crippen LogP) is 2.11. The predicted molar refractivity (Wildman–Crippen MR) is 66.0 cm³/mol. The molecule has 1 aromatic carbocycles. The maximum atomic E-state index is 9.77. The molecule has 0 aliphatic carbocycles. The molecule has 1 aromatic rings. The lowest BCUT2D eigenvalue weighted by atomic mass is 9.95. The van der Waals surface area contributed by atoms with Crippen LogP contribution >= 0.6 is 0 Å². The van der Waals surface area contributed by atoms with Crippen molar-refractivity contribution < 1.29 is 9.84 Å². The first kappa shape index (κ1) is 11.1. The minimum Gasteiger partial charge on any atom is -0.508 e. The van der Waals surface area contributed by atoms with Crippen molar-refractivity contribution in [1.82, 2.24) is 5.32 Å². The van der Waals surface area contributed by atoms with Crippen LogP contribution in [0.4, 0.5) is 0 Å². The van der Waals surface area contributed by atoms with Crippen molar-refractivity contribution in [3.05, 3.63) is 29.3 Å². The molecule has 2 fully saturated rings. The van der Waals surface area contributed by atoms with Gasteiger partial charge in [0.15, 0.2) is 0 Å². The van der Waals surface area contributed by atoms with Crippen LogP contribution in [0, 0.1) is 6.92 Å². The lowest BCUT2D eigenvalue weighted by Crippen LogP contribution is -2.37. The number of aryl methyl sites for hydroxylation is 1. The van der Waals surface area contributed by atoms with Crippen molar-refractivity contribution >= 4 is 0 Å². The zero-order chi connectivity index (χ0) is 11.8. The summed E-state index contributed by atoms with van der Waals surface area (Å²) in [7, 11) is 0. The van der Waals surface area contributed by atoms with Crippen LogP contribution in [0.3, 0.4) is 0 Å². The Morgan fingerprint density at radius 3 is 3.00 bits per heavy atom. The molecule has 2 heterocycles. The third-order valence-electron chi connectivity index (χ3n) is 3.90. The van der Waals surface area contributed by atoms with Gasteiger partial charge in [-0.1, -0.05) is 17.7 Å². The van der Waals surface area contributed by atoms with Crippen LogP contribution in [0.5, 0.6) is 5.75 Å². The molecule has 0 aromatic heterocycles. The molecule has 3 atom stereocenters. The Morgan fingerprint density at radius 2 is 2.29 bits per heavy atom. The zero-order valence-corrected chi connectivity index (χ0v) is 10.1. The monoisotopic (exact) mass is 233 g/mol. The van der Waals surface area contributed by atoms with Crippen molar-refractivity contribution in [2.75, 3.05) is 0 Å². The van der Waals surface area contributed by atoms with E-state index in [-0.39, 0.29) is 0 Å². The maximum Gasteiger partial charge on any atom is 0.120 e. The second-order valence-electron chi connectivity index (χ2n) is 5.23. The Labute approximate surface area is 102 Å². The second-order valence-corrected chi connectivity index (χ2v) is 5.23. The topological polar surface area (TPSA) is 41.5 Å². The molecule has 0 amide bonds. The summed E-state index contributed by atoms with van der Waals surface area (Å²) in [4.78, 5) is 0. The van der Waals surface area contributed by atoms with Gasteiger partial charge in [-0.2, -0.15) is 0 Å². The largest absolute Gasteiger partial charge is 0.508 e. The van der Waals surface area contributed by atoms with Gasteiger partial charge in [0.05, 0.1) is 12.2 Å². The van der Waals surface area contributed by atoms with Crippen LogP contribution in [0.1, 0.15) is 30.4 Å². The summed E-state index contributed by atoms with van der Waals surface area (Å²) < 4.78 is 5.80. The SMILES string of the molecule is Cc1ccc(O)c(CNC2CC3CCC2O3)c1. The lowest BCUT2D eigenvalue weighted by Gasteiger charge is -2.20. The summed E-state index contributed by atoms with van der Waals surface area (Å²) in [5, 5.41) is 13.3. The van der Waals surface area contributed by atoms with Crippen LogP contribution in [0.25, 0.3) is 0 Å². The number of aromatic hydroxyl groups is 1. The standard InChI is InChI=1S/C14H19NO2/c1-9-2-4-13(16)10(6-9)8-15-12-7-11-3-5-14(12)17-11/h2,4,6,11-12,14-16H,3,5,7-8H2,1H3. The number of ether oxygens (including phenoxy) is 1. The van der Waals surface area contributed by atoms with Crippen LogP contribution in [-0.2, 0) is 11.3 Å². The average Bonchev–Trinajstić information content (AvgIpc) is 2.92. The smallest absolute Gasteiger partial charge is 0.120 e. The summed E-state index contributed by atoms with van der Waals surface area (Å²) in [6.45, 7) is 2.77. The van der Waals surface area contributed by atoms with Gasteiger partial charge in [-0.25, -0.2) is 0 Å². The third-order valence-corrected chi connectivity index (χ3v) is 3.90. The number of rotatable bonds is 3. The fourth-order valence-electron chi connectivity index (χ4n) is 2.95. The molecular formula is C14H19NO2. The highest BCUT2D eigenvalue weighted by Crippen LogP contribution is 2.34. The van der Waals surface area contributed by atoms with Crippen molar-refractivity contribution in [1.29, 1.82) is 0 Å². The highest BCUT2D eigenvalue weighted by atomic mass is 16.5. The van der Waals surface area contributed by atoms with E-state index >= 15 is 0 Å². The molecule has 2 aliphatic heterocycles. The number of benzene rings is 1. The van der Waals surface area contributed by atoms with Gasteiger partial charge in [0.2, 0.25) is 0 Å². The van der Waals surface area contributed by atoms with E-state index < -0.39 is 0 Å². The van der Waals surface area contributed by atoms with Gasteiger partial charge >= 0.3 is 0 Å². The van der Waals surface area contributed by atoms with Gasteiger partial charge in [-0.15, -0.1) is 0 Å². The molecule has 17 heavy (non-hydrogen) atoms. The number of phenolic OH excluding ortho intramolecular Hbond substituents is 1. The highest BCUT2D eigenvalue weighted by Gasteiger charge is 2.40. The first-order chi connectivity index (χ1) is 8.22. The van der Waals surface area contributed by atoms with Crippen LogP contribution in [0.15, 0.2) is 18.2 Å². The average molecular weight is 233 g/mol. The summed E-state index contributed by atoms with van der Waals surface area (Å²) in [6, 6.07) is 6.20. The molecule has 2 saturated heterocycles. The minimum atomic E-state index is 0.382. The summed E-state index contributed by atoms with van der Waals surface area (Å²) >= 11 is 0.